The van der Waals surface area contributed by atoms with E-state index in [9.17, 15) is 4.39 Å². The normalized spacial score (nSPS) is 8.80. The second-order valence-electron chi connectivity index (χ2n) is 1.69. The Hall–Kier alpha value is -1.21. The maximum Gasteiger partial charge on any atom is 0.193 e. The summed E-state index contributed by atoms with van der Waals surface area (Å²) in [4.78, 5) is 2.24. The SMILES string of the molecule is N#Cc1cc(F)[nH]c(=S)c1. The molecule has 0 fully saturated rings. The fourth-order valence-corrected chi connectivity index (χ4v) is 0.798. The van der Waals surface area contributed by atoms with E-state index >= 15 is 0 Å². The van der Waals surface area contributed by atoms with Crippen molar-refractivity contribution in [1.29, 1.82) is 5.26 Å². The molecule has 0 radical (unpaired) electrons. The molecular formula is C6H3FN2S. The third-order valence-corrected chi connectivity index (χ3v) is 1.16. The van der Waals surface area contributed by atoms with E-state index in [1.807, 2.05) is 0 Å². The van der Waals surface area contributed by atoms with Crippen LogP contribution in [0.15, 0.2) is 12.1 Å². The van der Waals surface area contributed by atoms with Gasteiger partial charge in [0.1, 0.15) is 4.64 Å². The third kappa shape index (κ3) is 1.39. The Balaban J connectivity index is 3.36. The van der Waals surface area contributed by atoms with Crippen molar-refractivity contribution in [3.8, 4) is 6.07 Å². The van der Waals surface area contributed by atoms with Gasteiger partial charge in [-0.15, -0.1) is 0 Å². The number of hydrogen-bond donors (Lipinski definition) is 1. The Morgan fingerprint density at radius 3 is 2.80 bits per heavy atom. The van der Waals surface area contributed by atoms with E-state index in [4.69, 9.17) is 5.26 Å². The van der Waals surface area contributed by atoms with E-state index in [0.29, 0.717) is 0 Å². The minimum absolute atomic E-state index is 0.233. The molecule has 0 atom stereocenters. The van der Waals surface area contributed by atoms with Gasteiger partial charge in [-0.2, -0.15) is 9.65 Å². The average Bonchev–Trinajstić information content (AvgIpc) is 1.85. The van der Waals surface area contributed by atoms with Gasteiger partial charge in [0.15, 0.2) is 5.95 Å². The topological polar surface area (TPSA) is 39.6 Å². The molecule has 0 bridgehead atoms. The highest BCUT2D eigenvalue weighted by molar-refractivity contribution is 7.71. The van der Waals surface area contributed by atoms with Crippen LogP contribution in [-0.4, -0.2) is 4.98 Å². The highest BCUT2D eigenvalue weighted by Crippen LogP contribution is 1.99. The summed E-state index contributed by atoms with van der Waals surface area (Å²) in [6.07, 6.45) is 0. The van der Waals surface area contributed by atoms with Gasteiger partial charge in [-0.05, 0) is 6.07 Å². The lowest BCUT2D eigenvalue weighted by atomic mass is 10.3. The largest absolute Gasteiger partial charge is 0.323 e. The Labute approximate surface area is 61.9 Å². The van der Waals surface area contributed by atoms with Crippen LogP contribution in [0.3, 0.4) is 0 Å². The summed E-state index contributed by atoms with van der Waals surface area (Å²) in [6.45, 7) is 0. The van der Waals surface area contributed by atoms with Crippen molar-refractivity contribution in [2.24, 2.45) is 0 Å². The molecule has 0 unspecified atom stereocenters. The van der Waals surface area contributed by atoms with Crippen molar-refractivity contribution in [2.45, 2.75) is 0 Å². The fraction of sp³-hybridized carbons (Fsp3) is 0. The molecule has 0 spiro atoms. The number of rotatable bonds is 0. The fourth-order valence-electron chi connectivity index (χ4n) is 0.574. The van der Waals surface area contributed by atoms with Crippen LogP contribution in [0, 0.1) is 21.9 Å². The van der Waals surface area contributed by atoms with Crippen LogP contribution in [0.2, 0.25) is 0 Å². The first kappa shape index (κ1) is 6.90. The van der Waals surface area contributed by atoms with Gasteiger partial charge in [-0.25, -0.2) is 0 Å². The van der Waals surface area contributed by atoms with Crippen molar-refractivity contribution < 1.29 is 4.39 Å². The molecule has 0 aliphatic rings. The summed E-state index contributed by atoms with van der Waals surface area (Å²) in [6, 6.07) is 4.28. The standard InChI is InChI=1S/C6H3FN2S/c7-5-1-4(3-8)2-6(10)9-5/h1-2H,(H,9,10). The van der Waals surface area contributed by atoms with Gasteiger partial charge in [-0.1, -0.05) is 12.2 Å². The number of aromatic amines is 1. The molecule has 0 saturated heterocycles. The van der Waals surface area contributed by atoms with Gasteiger partial charge in [-0.3, -0.25) is 0 Å². The maximum absolute atomic E-state index is 12.3. The molecule has 2 nitrogen and oxygen atoms in total. The van der Waals surface area contributed by atoms with Gasteiger partial charge in [0.2, 0.25) is 0 Å². The number of nitrogens with one attached hydrogen (secondary N) is 1. The molecule has 1 heterocycles. The lowest BCUT2D eigenvalue weighted by Gasteiger charge is -1.88. The van der Waals surface area contributed by atoms with Crippen molar-refractivity contribution in [3.05, 3.63) is 28.3 Å². The van der Waals surface area contributed by atoms with Crippen molar-refractivity contribution in [2.75, 3.05) is 0 Å². The summed E-state index contributed by atoms with van der Waals surface area (Å²) in [5, 5.41) is 8.31. The van der Waals surface area contributed by atoms with Crippen molar-refractivity contribution in [1.82, 2.24) is 4.98 Å². The van der Waals surface area contributed by atoms with Crippen LogP contribution in [0.1, 0.15) is 5.56 Å². The number of aromatic nitrogens is 1. The van der Waals surface area contributed by atoms with Gasteiger partial charge in [0, 0.05) is 6.07 Å². The zero-order valence-electron chi connectivity index (χ0n) is 4.89. The molecular weight excluding hydrogens is 151 g/mol. The summed E-state index contributed by atoms with van der Waals surface area (Å²) >= 11 is 4.61. The minimum Gasteiger partial charge on any atom is -0.323 e. The van der Waals surface area contributed by atoms with E-state index in [0.717, 1.165) is 6.07 Å². The number of pyridine rings is 1. The number of H-pyrrole nitrogens is 1. The predicted molar refractivity (Wildman–Crippen MR) is 36.3 cm³/mol. The van der Waals surface area contributed by atoms with Crippen LogP contribution < -0.4 is 0 Å². The summed E-state index contributed by atoms with van der Waals surface area (Å²) in [5.41, 5.74) is 0.237. The monoisotopic (exact) mass is 154 g/mol. The smallest absolute Gasteiger partial charge is 0.193 e. The first-order valence-electron chi connectivity index (χ1n) is 2.52. The summed E-state index contributed by atoms with van der Waals surface area (Å²) < 4.78 is 12.6. The zero-order valence-corrected chi connectivity index (χ0v) is 5.70. The lowest BCUT2D eigenvalue weighted by molar-refractivity contribution is 0.581. The third-order valence-electron chi connectivity index (χ3n) is 0.941. The second kappa shape index (κ2) is 2.58. The Morgan fingerprint density at radius 2 is 2.30 bits per heavy atom. The van der Waals surface area contributed by atoms with E-state index in [-0.39, 0.29) is 10.2 Å². The molecule has 10 heavy (non-hydrogen) atoms. The van der Waals surface area contributed by atoms with Crippen LogP contribution >= 0.6 is 12.2 Å². The number of hydrogen-bond acceptors (Lipinski definition) is 2. The molecule has 1 aromatic heterocycles. The summed E-state index contributed by atoms with van der Waals surface area (Å²) in [7, 11) is 0. The maximum atomic E-state index is 12.3. The average molecular weight is 154 g/mol. The predicted octanol–water partition coefficient (Wildman–Crippen LogP) is 1.75. The number of nitrogens with zero attached hydrogens (tertiary/aromatic N) is 1. The van der Waals surface area contributed by atoms with Crippen LogP contribution in [-0.2, 0) is 0 Å². The summed E-state index contributed by atoms with van der Waals surface area (Å²) in [5.74, 6) is -0.580. The molecule has 4 heteroatoms. The Bertz CT molecular complexity index is 336. The van der Waals surface area contributed by atoms with E-state index in [2.05, 4.69) is 17.2 Å². The van der Waals surface area contributed by atoms with Gasteiger partial charge in [0.05, 0.1) is 11.6 Å². The van der Waals surface area contributed by atoms with Crippen LogP contribution in [0.5, 0.6) is 0 Å². The molecule has 0 aliphatic carbocycles. The van der Waals surface area contributed by atoms with Gasteiger partial charge in [0.25, 0.3) is 0 Å². The Morgan fingerprint density at radius 1 is 1.60 bits per heavy atom. The zero-order chi connectivity index (χ0) is 7.56. The van der Waals surface area contributed by atoms with E-state index < -0.39 is 5.95 Å². The van der Waals surface area contributed by atoms with Crippen molar-refractivity contribution in [3.63, 3.8) is 0 Å². The van der Waals surface area contributed by atoms with Crippen LogP contribution in [0.4, 0.5) is 4.39 Å². The van der Waals surface area contributed by atoms with Crippen molar-refractivity contribution >= 4 is 12.2 Å². The van der Waals surface area contributed by atoms with Gasteiger partial charge >= 0.3 is 0 Å². The second-order valence-corrected chi connectivity index (χ2v) is 2.13. The highest BCUT2D eigenvalue weighted by Gasteiger charge is 1.92. The highest BCUT2D eigenvalue weighted by atomic mass is 32.1. The first-order valence-corrected chi connectivity index (χ1v) is 2.93. The molecule has 0 saturated carbocycles. The quantitative estimate of drug-likeness (QED) is 0.456. The number of halogens is 1. The molecule has 1 N–H and O–H groups in total. The number of nitriles is 1. The Kier molecular flexibility index (Phi) is 1.78. The molecule has 1 aromatic rings. The van der Waals surface area contributed by atoms with E-state index in [1.54, 1.807) is 6.07 Å². The van der Waals surface area contributed by atoms with E-state index in [1.165, 1.54) is 6.07 Å². The molecule has 1 rings (SSSR count). The molecule has 0 aromatic carbocycles. The molecule has 50 valence electrons. The molecule has 0 amide bonds. The van der Waals surface area contributed by atoms with Gasteiger partial charge < -0.3 is 4.98 Å². The molecule has 0 aliphatic heterocycles. The van der Waals surface area contributed by atoms with Crippen LogP contribution in [0.25, 0.3) is 0 Å². The first-order chi connectivity index (χ1) is 4.72. The minimum atomic E-state index is -0.580. The lowest BCUT2D eigenvalue weighted by Crippen LogP contribution is -1.84.